The molecule has 0 aliphatic carbocycles. The molecule has 1 heterocycles. The molecule has 6 heteroatoms. The second kappa shape index (κ2) is 8.19. The molecule has 0 spiro atoms. The lowest BCUT2D eigenvalue weighted by atomic mass is 9.91. The van der Waals surface area contributed by atoms with Crippen LogP contribution in [-0.4, -0.2) is 57.9 Å². The quantitative estimate of drug-likeness (QED) is 0.680. The molecule has 1 rings (SSSR count). The smallest absolute Gasteiger partial charge is 0.214 e. The minimum atomic E-state index is -3.08. The van der Waals surface area contributed by atoms with Crippen LogP contribution in [0.2, 0.25) is 0 Å². The molecule has 1 aliphatic rings. The Bertz CT molecular complexity index is 338. The molecule has 1 N–H and O–H groups in total. The summed E-state index contributed by atoms with van der Waals surface area (Å²) in [6.45, 7) is 7.10. The van der Waals surface area contributed by atoms with Crippen molar-refractivity contribution < 1.29 is 13.2 Å². The fourth-order valence-electron chi connectivity index (χ4n) is 2.66. The standard InChI is InChI=1S/C13H28N2O3S/c1-4-14-12(2)13-6-8-15(9-7-13)19(16,17)11-5-10-18-3/h12-14H,4-11H2,1-3H3. The van der Waals surface area contributed by atoms with Gasteiger partial charge in [0.2, 0.25) is 10.0 Å². The highest BCUT2D eigenvalue weighted by Gasteiger charge is 2.29. The summed E-state index contributed by atoms with van der Waals surface area (Å²) in [7, 11) is -1.49. The zero-order valence-electron chi connectivity index (χ0n) is 12.4. The Morgan fingerprint density at radius 3 is 2.53 bits per heavy atom. The largest absolute Gasteiger partial charge is 0.385 e. The first-order valence-electron chi connectivity index (χ1n) is 7.21. The first-order chi connectivity index (χ1) is 9.01. The average Bonchev–Trinajstić information content (AvgIpc) is 2.39. The SMILES string of the molecule is CCNC(C)C1CCN(S(=O)(=O)CCCOC)CC1. The molecule has 0 bridgehead atoms. The minimum absolute atomic E-state index is 0.203. The average molecular weight is 292 g/mol. The Balaban J connectivity index is 2.40. The van der Waals surface area contributed by atoms with Gasteiger partial charge in [0.05, 0.1) is 5.75 Å². The maximum atomic E-state index is 12.1. The van der Waals surface area contributed by atoms with E-state index in [-0.39, 0.29) is 5.75 Å². The monoisotopic (exact) mass is 292 g/mol. The predicted molar refractivity (Wildman–Crippen MR) is 77.7 cm³/mol. The van der Waals surface area contributed by atoms with Gasteiger partial charge in [0.15, 0.2) is 0 Å². The molecule has 0 aromatic rings. The normalized spacial score (nSPS) is 20.6. The fourth-order valence-corrected chi connectivity index (χ4v) is 4.17. The van der Waals surface area contributed by atoms with Crippen molar-refractivity contribution in [3.63, 3.8) is 0 Å². The van der Waals surface area contributed by atoms with E-state index in [0.717, 1.165) is 19.4 Å². The highest BCUT2D eigenvalue weighted by atomic mass is 32.2. The molecule has 114 valence electrons. The van der Waals surface area contributed by atoms with E-state index in [1.165, 1.54) is 0 Å². The van der Waals surface area contributed by atoms with Crippen LogP contribution in [0.5, 0.6) is 0 Å². The van der Waals surface area contributed by atoms with Crippen LogP contribution in [0.25, 0.3) is 0 Å². The van der Waals surface area contributed by atoms with E-state index in [1.54, 1.807) is 11.4 Å². The van der Waals surface area contributed by atoms with Crippen LogP contribution in [0.15, 0.2) is 0 Å². The van der Waals surface area contributed by atoms with Gasteiger partial charge in [0.25, 0.3) is 0 Å². The Labute approximate surface area is 117 Å². The number of sulfonamides is 1. The predicted octanol–water partition coefficient (Wildman–Crippen LogP) is 1.06. The van der Waals surface area contributed by atoms with E-state index in [9.17, 15) is 8.42 Å². The van der Waals surface area contributed by atoms with Crippen LogP contribution in [-0.2, 0) is 14.8 Å². The van der Waals surface area contributed by atoms with Gasteiger partial charge >= 0.3 is 0 Å². The van der Waals surface area contributed by atoms with E-state index in [0.29, 0.717) is 38.1 Å². The van der Waals surface area contributed by atoms with Crippen molar-refractivity contribution in [2.75, 3.05) is 39.1 Å². The van der Waals surface area contributed by atoms with Crippen molar-refractivity contribution in [3.05, 3.63) is 0 Å². The molecule has 5 nitrogen and oxygen atoms in total. The lowest BCUT2D eigenvalue weighted by molar-refractivity contribution is 0.198. The number of rotatable bonds is 8. The summed E-state index contributed by atoms with van der Waals surface area (Å²) >= 11 is 0. The van der Waals surface area contributed by atoms with Crippen molar-refractivity contribution in [1.29, 1.82) is 0 Å². The van der Waals surface area contributed by atoms with Crippen molar-refractivity contribution >= 4 is 10.0 Å². The molecule has 0 saturated carbocycles. The Morgan fingerprint density at radius 2 is 2.00 bits per heavy atom. The number of methoxy groups -OCH3 is 1. The second-order valence-corrected chi connectivity index (χ2v) is 7.33. The number of hydrogen-bond acceptors (Lipinski definition) is 4. The highest BCUT2D eigenvalue weighted by Crippen LogP contribution is 2.22. The molecule has 0 aromatic carbocycles. The third-order valence-corrected chi connectivity index (χ3v) is 5.83. The van der Waals surface area contributed by atoms with E-state index in [4.69, 9.17) is 4.74 Å². The molecule has 1 saturated heterocycles. The third kappa shape index (κ3) is 5.38. The van der Waals surface area contributed by atoms with Crippen molar-refractivity contribution in [1.82, 2.24) is 9.62 Å². The topological polar surface area (TPSA) is 58.6 Å². The van der Waals surface area contributed by atoms with Crippen molar-refractivity contribution in [2.24, 2.45) is 5.92 Å². The summed E-state index contributed by atoms with van der Waals surface area (Å²) in [5, 5.41) is 3.43. The lowest BCUT2D eigenvalue weighted by Gasteiger charge is -2.34. The zero-order chi connectivity index (χ0) is 14.3. The second-order valence-electron chi connectivity index (χ2n) is 5.25. The molecule has 1 unspecified atom stereocenters. The number of hydrogen-bond donors (Lipinski definition) is 1. The Hall–Kier alpha value is -0.170. The van der Waals surface area contributed by atoms with Crippen LogP contribution in [0.4, 0.5) is 0 Å². The van der Waals surface area contributed by atoms with Crippen molar-refractivity contribution in [3.8, 4) is 0 Å². The Morgan fingerprint density at radius 1 is 1.37 bits per heavy atom. The van der Waals surface area contributed by atoms with E-state index in [1.807, 2.05) is 0 Å². The van der Waals surface area contributed by atoms with Crippen LogP contribution in [0.3, 0.4) is 0 Å². The summed E-state index contributed by atoms with van der Waals surface area (Å²) in [6, 6.07) is 0.475. The van der Waals surface area contributed by atoms with E-state index < -0.39 is 10.0 Å². The van der Waals surface area contributed by atoms with Crippen LogP contribution >= 0.6 is 0 Å². The van der Waals surface area contributed by atoms with Crippen LogP contribution in [0, 0.1) is 5.92 Å². The lowest BCUT2D eigenvalue weighted by Crippen LogP contribution is -2.44. The van der Waals surface area contributed by atoms with Crippen LogP contribution < -0.4 is 5.32 Å². The van der Waals surface area contributed by atoms with Crippen molar-refractivity contribution in [2.45, 2.75) is 39.2 Å². The highest BCUT2D eigenvalue weighted by molar-refractivity contribution is 7.89. The number of piperidine rings is 1. The molecular weight excluding hydrogens is 264 g/mol. The molecule has 1 aliphatic heterocycles. The molecular formula is C13H28N2O3S. The first-order valence-corrected chi connectivity index (χ1v) is 8.82. The number of nitrogens with zero attached hydrogens (tertiary/aromatic N) is 1. The maximum absolute atomic E-state index is 12.1. The number of nitrogens with one attached hydrogen (secondary N) is 1. The van der Waals surface area contributed by atoms with Gasteiger partial charge in [-0.3, -0.25) is 0 Å². The molecule has 19 heavy (non-hydrogen) atoms. The van der Waals surface area contributed by atoms with Gasteiger partial charge in [-0.2, -0.15) is 0 Å². The fraction of sp³-hybridized carbons (Fsp3) is 1.00. The zero-order valence-corrected chi connectivity index (χ0v) is 13.2. The van der Waals surface area contributed by atoms with Gasteiger partial charge in [-0.1, -0.05) is 6.92 Å². The summed E-state index contributed by atoms with van der Waals surface area (Å²) in [6.07, 6.45) is 2.49. The molecule has 1 atom stereocenters. The third-order valence-electron chi connectivity index (χ3n) is 3.88. The summed E-state index contributed by atoms with van der Waals surface area (Å²) in [5.41, 5.74) is 0. The number of ether oxygens (including phenoxy) is 1. The first kappa shape index (κ1) is 16.9. The van der Waals surface area contributed by atoms with E-state index in [2.05, 4.69) is 19.2 Å². The maximum Gasteiger partial charge on any atom is 0.214 e. The molecule has 0 amide bonds. The van der Waals surface area contributed by atoms with Gasteiger partial charge in [0, 0.05) is 32.8 Å². The van der Waals surface area contributed by atoms with Gasteiger partial charge < -0.3 is 10.1 Å². The van der Waals surface area contributed by atoms with Crippen LogP contribution in [0.1, 0.15) is 33.1 Å². The Kier molecular flexibility index (Phi) is 7.28. The molecule has 1 fully saturated rings. The molecule has 0 radical (unpaired) electrons. The van der Waals surface area contributed by atoms with Gasteiger partial charge in [-0.25, -0.2) is 12.7 Å². The summed E-state index contributed by atoms with van der Waals surface area (Å²) < 4.78 is 30.8. The van der Waals surface area contributed by atoms with Gasteiger partial charge in [-0.15, -0.1) is 0 Å². The summed E-state index contributed by atoms with van der Waals surface area (Å²) in [5.74, 6) is 0.791. The van der Waals surface area contributed by atoms with E-state index >= 15 is 0 Å². The minimum Gasteiger partial charge on any atom is -0.385 e. The molecule has 0 aromatic heterocycles. The van der Waals surface area contributed by atoms with Gasteiger partial charge in [-0.05, 0) is 38.6 Å². The summed E-state index contributed by atoms with van der Waals surface area (Å²) in [4.78, 5) is 0. The van der Waals surface area contributed by atoms with Gasteiger partial charge in [0.1, 0.15) is 0 Å².